The molecule has 0 aromatic rings. The van der Waals surface area contributed by atoms with E-state index >= 15 is 0 Å². The molecule has 0 radical (unpaired) electrons. The van der Waals surface area contributed by atoms with Gasteiger partial charge >= 0.3 is 5.97 Å². The molecular formula is C14H22O2. The standard InChI is InChI=1S/C14H22O2/c1-10(2)8-12-6-5-7-13(11(12)3)9-14(15)16-4/h12-13H,1,3,5-9H2,2,4H3/t12?,13-/m0/s1. The number of ether oxygens (including phenoxy) is 1. The average molecular weight is 222 g/mol. The van der Waals surface area contributed by atoms with Gasteiger partial charge in [0.05, 0.1) is 13.5 Å². The van der Waals surface area contributed by atoms with E-state index < -0.39 is 0 Å². The van der Waals surface area contributed by atoms with Crippen molar-refractivity contribution in [1.29, 1.82) is 0 Å². The van der Waals surface area contributed by atoms with Crippen LogP contribution in [-0.4, -0.2) is 13.1 Å². The maximum atomic E-state index is 11.3. The molecule has 0 saturated heterocycles. The topological polar surface area (TPSA) is 26.3 Å². The van der Waals surface area contributed by atoms with Crippen LogP contribution < -0.4 is 0 Å². The van der Waals surface area contributed by atoms with E-state index in [1.807, 2.05) is 0 Å². The molecule has 1 saturated carbocycles. The van der Waals surface area contributed by atoms with Gasteiger partial charge in [-0.15, -0.1) is 6.58 Å². The fourth-order valence-electron chi connectivity index (χ4n) is 2.49. The second-order valence-corrected chi connectivity index (χ2v) is 4.84. The summed E-state index contributed by atoms with van der Waals surface area (Å²) in [7, 11) is 1.44. The van der Waals surface area contributed by atoms with Crippen LogP contribution in [0.4, 0.5) is 0 Å². The molecule has 0 bridgehead atoms. The second kappa shape index (κ2) is 5.88. The predicted molar refractivity (Wildman–Crippen MR) is 66.0 cm³/mol. The molecule has 1 rings (SSSR count). The number of hydrogen-bond donors (Lipinski definition) is 0. The summed E-state index contributed by atoms with van der Waals surface area (Å²) in [6.45, 7) is 10.2. The highest BCUT2D eigenvalue weighted by Crippen LogP contribution is 2.38. The van der Waals surface area contributed by atoms with Crippen LogP contribution >= 0.6 is 0 Å². The van der Waals surface area contributed by atoms with Crippen molar-refractivity contribution in [3.8, 4) is 0 Å². The smallest absolute Gasteiger partial charge is 0.306 e. The molecular weight excluding hydrogens is 200 g/mol. The fraction of sp³-hybridized carbons (Fsp3) is 0.643. The zero-order valence-corrected chi connectivity index (χ0v) is 10.4. The summed E-state index contributed by atoms with van der Waals surface area (Å²) < 4.78 is 4.72. The molecule has 2 atom stereocenters. The molecule has 0 amide bonds. The summed E-state index contributed by atoms with van der Waals surface area (Å²) in [4.78, 5) is 11.3. The Morgan fingerprint density at radius 1 is 1.38 bits per heavy atom. The quantitative estimate of drug-likeness (QED) is 0.537. The first-order valence-corrected chi connectivity index (χ1v) is 5.94. The SMILES string of the molecule is C=C(C)CC1CCC[C@@H](CC(=O)OC)C1=C. The van der Waals surface area contributed by atoms with E-state index in [4.69, 9.17) is 4.74 Å². The van der Waals surface area contributed by atoms with E-state index in [1.54, 1.807) is 0 Å². The minimum Gasteiger partial charge on any atom is -0.469 e. The molecule has 1 unspecified atom stereocenters. The summed E-state index contributed by atoms with van der Waals surface area (Å²) in [5, 5.41) is 0. The van der Waals surface area contributed by atoms with Crippen LogP contribution in [0.2, 0.25) is 0 Å². The Labute approximate surface area is 98.4 Å². The van der Waals surface area contributed by atoms with Crippen LogP contribution in [0.5, 0.6) is 0 Å². The Hall–Kier alpha value is -1.05. The summed E-state index contributed by atoms with van der Waals surface area (Å²) in [5.74, 6) is 0.702. The molecule has 1 aliphatic rings. The lowest BCUT2D eigenvalue weighted by Gasteiger charge is -2.31. The Morgan fingerprint density at radius 3 is 2.44 bits per heavy atom. The van der Waals surface area contributed by atoms with Gasteiger partial charge < -0.3 is 4.74 Å². The normalized spacial score (nSPS) is 25.2. The molecule has 90 valence electrons. The Kier molecular flexibility index (Phi) is 4.78. The Morgan fingerprint density at radius 2 is 1.94 bits per heavy atom. The average Bonchev–Trinajstić information content (AvgIpc) is 2.23. The van der Waals surface area contributed by atoms with Crippen molar-refractivity contribution in [2.75, 3.05) is 7.11 Å². The highest BCUT2D eigenvalue weighted by Gasteiger charge is 2.27. The van der Waals surface area contributed by atoms with Crippen molar-refractivity contribution >= 4 is 5.97 Å². The summed E-state index contributed by atoms with van der Waals surface area (Å²) in [6, 6.07) is 0. The van der Waals surface area contributed by atoms with Gasteiger partial charge in [-0.25, -0.2) is 0 Å². The Bertz CT molecular complexity index is 291. The zero-order chi connectivity index (χ0) is 12.1. The number of carbonyl (C=O) groups excluding carboxylic acids is 1. The third kappa shape index (κ3) is 3.51. The van der Waals surface area contributed by atoms with Crippen molar-refractivity contribution in [3.63, 3.8) is 0 Å². The van der Waals surface area contributed by atoms with Crippen molar-refractivity contribution in [3.05, 3.63) is 24.3 Å². The first-order valence-electron chi connectivity index (χ1n) is 5.94. The molecule has 0 spiro atoms. The van der Waals surface area contributed by atoms with Crippen LogP contribution in [0.15, 0.2) is 24.3 Å². The second-order valence-electron chi connectivity index (χ2n) is 4.84. The van der Waals surface area contributed by atoms with E-state index in [1.165, 1.54) is 31.1 Å². The van der Waals surface area contributed by atoms with Gasteiger partial charge in [0.2, 0.25) is 0 Å². The van der Waals surface area contributed by atoms with E-state index in [9.17, 15) is 4.79 Å². The minimum atomic E-state index is -0.123. The number of esters is 1. The van der Waals surface area contributed by atoms with Crippen LogP contribution in [0.3, 0.4) is 0 Å². The fourth-order valence-corrected chi connectivity index (χ4v) is 2.49. The molecule has 0 N–H and O–H groups in total. The Balaban J connectivity index is 2.56. The summed E-state index contributed by atoms with van der Waals surface area (Å²) in [5.41, 5.74) is 2.42. The largest absolute Gasteiger partial charge is 0.469 e. The molecule has 1 fully saturated rings. The van der Waals surface area contributed by atoms with Crippen molar-refractivity contribution in [2.24, 2.45) is 11.8 Å². The van der Waals surface area contributed by atoms with Gasteiger partial charge in [0.15, 0.2) is 0 Å². The van der Waals surface area contributed by atoms with Gasteiger partial charge in [0.25, 0.3) is 0 Å². The molecule has 2 heteroatoms. The molecule has 16 heavy (non-hydrogen) atoms. The van der Waals surface area contributed by atoms with Crippen LogP contribution in [0, 0.1) is 11.8 Å². The zero-order valence-electron chi connectivity index (χ0n) is 10.4. The van der Waals surface area contributed by atoms with Crippen LogP contribution in [0.25, 0.3) is 0 Å². The highest BCUT2D eigenvalue weighted by atomic mass is 16.5. The lowest BCUT2D eigenvalue weighted by atomic mass is 9.74. The number of rotatable bonds is 4. The third-order valence-electron chi connectivity index (χ3n) is 3.39. The van der Waals surface area contributed by atoms with Crippen molar-refractivity contribution < 1.29 is 9.53 Å². The summed E-state index contributed by atoms with van der Waals surface area (Å²) >= 11 is 0. The van der Waals surface area contributed by atoms with Gasteiger partial charge in [-0.1, -0.05) is 24.1 Å². The van der Waals surface area contributed by atoms with E-state index in [-0.39, 0.29) is 5.97 Å². The first kappa shape index (κ1) is 13.0. The van der Waals surface area contributed by atoms with Gasteiger partial charge in [-0.2, -0.15) is 0 Å². The van der Waals surface area contributed by atoms with Crippen molar-refractivity contribution in [1.82, 2.24) is 0 Å². The number of hydrogen-bond acceptors (Lipinski definition) is 2. The number of carbonyl (C=O) groups is 1. The third-order valence-corrected chi connectivity index (χ3v) is 3.39. The van der Waals surface area contributed by atoms with E-state index in [0.29, 0.717) is 18.3 Å². The number of allylic oxidation sites excluding steroid dienone is 2. The maximum Gasteiger partial charge on any atom is 0.306 e. The van der Waals surface area contributed by atoms with Crippen LogP contribution in [0.1, 0.15) is 39.0 Å². The van der Waals surface area contributed by atoms with Gasteiger partial charge in [-0.05, 0) is 38.0 Å². The molecule has 0 aromatic carbocycles. The lowest BCUT2D eigenvalue weighted by molar-refractivity contribution is -0.141. The van der Waals surface area contributed by atoms with Gasteiger partial charge in [0.1, 0.15) is 0 Å². The number of methoxy groups -OCH3 is 1. The minimum absolute atomic E-state index is 0.123. The van der Waals surface area contributed by atoms with Crippen LogP contribution in [-0.2, 0) is 9.53 Å². The molecule has 0 aliphatic heterocycles. The van der Waals surface area contributed by atoms with E-state index in [0.717, 1.165) is 12.8 Å². The molecule has 0 aromatic heterocycles. The van der Waals surface area contributed by atoms with Crippen molar-refractivity contribution in [2.45, 2.75) is 39.0 Å². The molecule has 1 aliphatic carbocycles. The highest BCUT2D eigenvalue weighted by molar-refractivity contribution is 5.70. The van der Waals surface area contributed by atoms with E-state index in [2.05, 4.69) is 20.1 Å². The molecule has 2 nitrogen and oxygen atoms in total. The summed E-state index contributed by atoms with van der Waals surface area (Å²) in [6.07, 6.45) is 4.93. The molecule has 0 heterocycles. The first-order chi connectivity index (χ1) is 7.54. The van der Waals surface area contributed by atoms with Gasteiger partial charge in [-0.3, -0.25) is 4.79 Å². The monoisotopic (exact) mass is 222 g/mol. The predicted octanol–water partition coefficient (Wildman–Crippen LogP) is 3.49. The van der Waals surface area contributed by atoms with Gasteiger partial charge in [0, 0.05) is 0 Å². The lowest BCUT2D eigenvalue weighted by Crippen LogP contribution is -2.22. The maximum absolute atomic E-state index is 11.3.